The first-order chi connectivity index (χ1) is 9.43. The van der Waals surface area contributed by atoms with E-state index in [0.717, 1.165) is 5.56 Å². The summed E-state index contributed by atoms with van der Waals surface area (Å²) in [6.07, 6.45) is 1.21. The van der Waals surface area contributed by atoms with E-state index in [4.69, 9.17) is 21.1 Å². The molecule has 0 bridgehead atoms. The van der Waals surface area contributed by atoms with Crippen molar-refractivity contribution in [2.24, 2.45) is 0 Å². The minimum atomic E-state index is -3.38. The van der Waals surface area contributed by atoms with Crippen LogP contribution in [0.5, 0.6) is 11.5 Å². The Morgan fingerprint density at radius 2 is 1.75 bits per heavy atom. The minimum Gasteiger partial charge on any atom is -0.493 e. The van der Waals surface area contributed by atoms with E-state index in [-0.39, 0.29) is 5.75 Å². The summed E-state index contributed by atoms with van der Waals surface area (Å²) in [5, 5.41) is 0. The van der Waals surface area contributed by atoms with Gasteiger partial charge in [-0.25, -0.2) is 8.42 Å². The molecule has 0 saturated heterocycles. The fraction of sp³-hybridized carbons (Fsp3) is 0.538. The zero-order chi connectivity index (χ0) is 15.2. The normalized spacial score (nSPS) is 11.2. The van der Waals surface area contributed by atoms with Crippen molar-refractivity contribution < 1.29 is 17.9 Å². The van der Waals surface area contributed by atoms with Crippen molar-refractivity contribution in [3.05, 3.63) is 17.7 Å². The first kappa shape index (κ1) is 16.9. The average Bonchev–Trinajstić information content (AvgIpc) is 2.40. The van der Waals surface area contributed by atoms with Crippen molar-refractivity contribution in [2.75, 3.05) is 30.6 Å². The Morgan fingerprint density at radius 3 is 2.30 bits per heavy atom. The number of anilines is 1. The van der Waals surface area contributed by atoms with Crippen LogP contribution in [0.2, 0.25) is 0 Å². The van der Waals surface area contributed by atoms with Crippen LogP contribution in [-0.4, -0.2) is 34.3 Å². The fourth-order valence-electron chi connectivity index (χ4n) is 1.70. The predicted molar refractivity (Wildman–Crippen MR) is 81.6 cm³/mol. The third-order valence-corrected chi connectivity index (χ3v) is 4.42. The molecule has 1 aromatic carbocycles. The molecule has 0 aliphatic carbocycles. The Balaban J connectivity index is 2.92. The highest BCUT2D eigenvalue weighted by atomic mass is 35.5. The molecule has 114 valence electrons. The number of nitrogens with one attached hydrogen (secondary N) is 1. The maximum atomic E-state index is 12.0. The zero-order valence-corrected chi connectivity index (χ0v) is 13.5. The van der Waals surface area contributed by atoms with Gasteiger partial charge in [-0.05, 0) is 31.4 Å². The van der Waals surface area contributed by atoms with Crippen LogP contribution in [-0.2, 0) is 10.0 Å². The highest BCUT2D eigenvalue weighted by Crippen LogP contribution is 2.33. The predicted octanol–water partition coefficient (Wildman–Crippen LogP) is 2.77. The second kappa shape index (κ2) is 7.59. The quantitative estimate of drug-likeness (QED) is 0.590. The van der Waals surface area contributed by atoms with E-state index >= 15 is 0 Å². The molecule has 1 N–H and O–H groups in total. The summed E-state index contributed by atoms with van der Waals surface area (Å²) in [4.78, 5) is 0. The number of ether oxygens (including phenoxy) is 2. The Morgan fingerprint density at radius 1 is 1.15 bits per heavy atom. The number of unbranched alkanes of at least 4 members (excludes halogenated alkanes) is 1. The molecule has 1 aromatic rings. The summed E-state index contributed by atoms with van der Waals surface area (Å²) in [6, 6.07) is 3.35. The molecule has 1 rings (SSSR count). The summed E-state index contributed by atoms with van der Waals surface area (Å²) in [5.41, 5.74) is 1.26. The number of hydrogen-bond donors (Lipinski definition) is 1. The van der Waals surface area contributed by atoms with E-state index in [1.807, 2.05) is 0 Å². The molecule has 0 fully saturated rings. The molecule has 0 unspecified atom stereocenters. The first-order valence-corrected chi connectivity index (χ1v) is 8.41. The van der Waals surface area contributed by atoms with Crippen molar-refractivity contribution in [3.63, 3.8) is 0 Å². The van der Waals surface area contributed by atoms with Crippen molar-refractivity contribution in [1.82, 2.24) is 0 Å². The smallest absolute Gasteiger partial charge is 0.232 e. The molecule has 7 heteroatoms. The molecule has 0 aliphatic rings. The fourth-order valence-corrected chi connectivity index (χ4v) is 3.13. The Hall–Kier alpha value is -1.14. The van der Waals surface area contributed by atoms with Gasteiger partial charge in [0.05, 0.1) is 25.7 Å². The molecule has 20 heavy (non-hydrogen) atoms. The van der Waals surface area contributed by atoms with E-state index in [1.54, 1.807) is 19.1 Å². The van der Waals surface area contributed by atoms with E-state index in [0.29, 0.717) is 35.9 Å². The summed E-state index contributed by atoms with van der Waals surface area (Å²) in [6.45, 7) is 1.80. The molecular formula is C13H20ClNO4S. The average molecular weight is 322 g/mol. The number of aryl methyl sites for hydroxylation is 1. The van der Waals surface area contributed by atoms with Crippen molar-refractivity contribution in [1.29, 1.82) is 0 Å². The first-order valence-electron chi connectivity index (χ1n) is 6.22. The van der Waals surface area contributed by atoms with Gasteiger partial charge in [0.25, 0.3) is 0 Å². The highest BCUT2D eigenvalue weighted by Gasteiger charge is 2.14. The SMILES string of the molecule is COc1cc(C)c(NS(=O)(=O)CCCCCl)cc1OC. The Bertz CT molecular complexity index is 546. The number of benzene rings is 1. The van der Waals surface area contributed by atoms with Crippen molar-refractivity contribution in [2.45, 2.75) is 19.8 Å². The number of alkyl halides is 1. The molecule has 0 aromatic heterocycles. The lowest BCUT2D eigenvalue weighted by Crippen LogP contribution is -2.17. The van der Waals surface area contributed by atoms with Gasteiger partial charge in [0.15, 0.2) is 11.5 Å². The van der Waals surface area contributed by atoms with Gasteiger partial charge in [-0.15, -0.1) is 11.6 Å². The van der Waals surface area contributed by atoms with Crippen LogP contribution in [0.25, 0.3) is 0 Å². The standard InChI is InChI=1S/C13H20ClNO4S/c1-10-8-12(18-2)13(19-3)9-11(10)15-20(16,17)7-5-4-6-14/h8-9,15H,4-7H2,1-3H3. The maximum absolute atomic E-state index is 12.0. The molecule has 0 radical (unpaired) electrons. The van der Waals surface area contributed by atoms with Crippen molar-refractivity contribution >= 4 is 27.3 Å². The van der Waals surface area contributed by atoms with Gasteiger partial charge < -0.3 is 9.47 Å². The monoisotopic (exact) mass is 321 g/mol. The second-order valence-electron chi connectivity index (χ2n) is 4.34. The Kier molecular flexibility index (Phi) is 6.42. The van der Waals surface area contributed by atoms with Crippen LogP contribution in [0.1, 0.15) is 18.4 Å². The van der Waals surface area contributed by atoms with E-state index in [1.165, 1.54) is 14.2 Å². The van der Waals surface area contributed by atoms with Crippen LogP contribution in [0.3, 0.4) is 0 Å². The number of methoxy groups -OCH3 is 2. The molecule has 0 saturated carbocycles. The topological polar surface area (TPSA) is 64.6 Å². The molecule has 0 amide bonds. The van der Waals surface area contributed by atoms with Gasteiger partial charge in [-0.3, -0.25) is 4.72 Å². The van der Waals surface area contributed by atoms with E-state index < -0.39 is 10.0 Å². The summed E-state index contributed by atoms with van der Waals surface area (Å²) in [7, 11) is -0.338. The van der Waals surface area contributed by atoms with Gasteiger partial charge in [-0.1, -0.05) is 0 Å². The molecule has 0 spiro atoms. The zero-order valence-electron chi connectivity index (χ0n) is 11.9. The van der Waals surface area contributed by atoms with Gasteiger partial charge in [0.1, 0.15) is 0 Å². The second-order valence-corrected chi connectivity index (χ2v) is 6.56. The largest absolute Gasteiger partial charge is 0.493 e. The molecule has 0 atom stereocenters. The Labute approximate surface area is 125 Å². The molecule has 5 nitrogen and oxygen atoms in total. The van der Waals surface area contributed by atoms with Gasteiger partial charge in [-0.2, -0.15) is 0 Å². The highest BCUT2D eigenvalue weighted by molar-refractivity contribution is 7.92. The number of halogens is 1. The van der Waals surface area contributed by atoms with Gasteiger partial charge >= 0.3 is 0 Å². The maximum Gasteiger partial charge on any atom is 0.232 e. The van der Waals surface area contributed by atoms with Gasteiger partial charge in [0, 0.05) is 11.9 Å². The molecule has 0 heterocycles. The third-order valence-electron chi connectivity index (χ3n) is 2.79. The van der Waals surface area contributed by atoms with Crippen molar-refractivity contribution in [3.8, 4) is 11.5 Å². The summed E-state index contributed by atoms with van der Waals surface area (Å²) >= 11 is 5.54. The minimum absolute atomic E-state index is 0.0491. The lowest BCUT2D eigenvalue weighted by molar-refractivity contribution is 0.355. The number of rotatable bonds is 8. The lowest BCUT2D eigenvalue weighted by atomic mass is 10.2. The van der Waals surface area contributed by atoms with Crippen LogP contribution in [0, 0.1) is 6.92 Å². The van der Waals surface area contributed by atoms with Gasteiger partial charge in [0.2, 0.25) is 10.0 Å². The van der Waals surface area contributed by atoms with Crippen LogP contribution in [0.4, 0.5) is 5.69 Å². The van der Waals surface area contributed by atoms with E-state index in [2.05, 4.69) is 4.72 Å². The molecule has 0 aliphatic heterocycles. The third kappa shape index (κ3) is 4.76. The summed E-state index contributed by atoms with van der Waals surface area (Å²) in [5.74, 6) is 1.56. The van der Waals surface area contributed by atoms with Crippen LogP contribution >= 0.6 is 11.6 Å². The molecular weight excluding hydrogens is 302 g/mol. The summed E-state index contributed by atoms with van der Waals surface area (Å²) < 4.78 is 36.8. The number of sulfonamides is 1. The lowest BCUT2D eigenvalue weighted by Gasteiger charge is -2.14. The van der Waals surface area contributed by atoms with Crippen LogP contribution in [0.15, 0.2) is 12.1 Å². The van der Waals surface area contributed by atoms with E-state index in [9.17, 15) is 8.42 Å². The number of hydrogen-bond acceptors (Lipinski definition) is 4. The van der Waals surface area contributed by atoms with Crippen LogP contribution < -0.4 is 14.2 Å².